The third-order valence-corrected chi connectivity index (χ3v) is 8.21. The molecule has 0 radical (unpaired) electrons. The van der Waals surface area contributed by atoms with Crippen molar-refractivity contribution in [2.75, 3.05) is 0 Å². The number of carboxylic acid groups (broad SMARTS) is 1. The molecule has 1 saturated heterocycles. The van der Waals surface area contributed by atoms with Crippen molar-refractivity contribution in [3.8, 4) is 11.1 Å². The highest BCUT2D eigenvalue weighted by Crippen LogP contribution is 2.50. The molecule has 1 N–H and O–H groups in total. The van der Waals surface area contributed by atoms with Gasteiger partial charge in [-0.05, 0) is 73.6 Å². The highest BCUT2D eigenvalue weighted by Gasteiger charge is 2.51. The first-order valence-corrected chi connectivity index (χ1v) is 11.7. The van der Waals surface area contributed by atoms with Crippen molar-refractivity contribution < 1.29 is 19.2 Å². The van der Waals surface area contributed by atoms with Crippen LogP contribution in [0.5, 0.6) is 0 Å². The molecule has 1 aliphatic carbocycles. The molecule has 5 nitrogen and oxygen atoms in total. The molecule has 1 aromatic heterocycles. The maximum atomic E-state index is 12.4. The number of carbonyl (C=O) groups is 1. The molecule has 172 valence electrons. The summed E-state index contributed by atoms with van der Waals surface area (Å²) in [7, 11) is -0.508. The lowest BCUT2D eigenvalue weighted by Gasteiger charge is -2.32. The van der Waals surface area contributed by atoms with Gasteiger partial charge >= 0.3 is 13.2 Å². The van der Waals surface area contributed by atoms with Gasteiger partial charge in [0.2, 0.25) is 0 Å². The normalized spacial score (nSPS) is 19.5. The van der Waals surface area contributed by atoms with Crippen molar-refractivity contribution >= 4 is 40.5 Å². The van der Waals surface area contributed by atoms with E-state index in [1.165, 1.54) is 21.3 Å². The highest BCUT2D eigenvalue weighted by atomic mass is 16.7. The summed E-state index contributed by atoms with van der Waals surface area (Å²) >= 11 is 0. The minimum absolute atomic E-state index is 0.201. The molecule has 34 heavy (non-hydrogen) atoms. The first-order chi connectivity index (χ1) is 15.9. The predicted octanol–water partition coefficient (Wildman–Crippen LogP) is 5.93. The van der Waals surface area contributed by atoms with Crippen LogP contribution in [0.15, 0.2) is 54.6 Å². The summed E-state index contributed by atoms with van der Waals surface area (Å²) < 4.78 is 13.9. The van der Waals surface area contributed by atoms with Crippen LogP contribution in [0.25, 0.3) is 32.9 Å². The summed E-state index contributed by atoms with van der Waals surface area (Å²) in [6.45, 7) is 12.5. The van der Waals surface area contributed by atoms with Crippen molar-refractivity contribution in [1.82, 2.24) is 4.57 Å². The zero-order valence-corrected chi connectivity index (χ0v) is 20.4. The molecule has 0 atom stereocenters. The molecule has 2 aliphatic rings. The number of rotatable bonds is 1. The van der Waals surface area contributed by atoms with E-state index in [2.05, 4.69) is 50.2 Å². The zero-order chi connectivity index (χ0) is 24.2. The monoisotopic (exact) mass is 453 g/mol. The van der Waals surface area contributed by atoms with Gasteiger partial charge in [0.15, 0.2) is 0 Å². The smallest absolute Gasteiger partial charge is 0.464 e. The standard InChI is InChI=1S/C28H28BNO4/c1-26(2)21-10-8-7-9-17(21)18-14-20-19-13-16(29-33-27(3,4)28(5,6)34-29)11-12-23(19)30(25(31)32)24(20)15-22(18)26/h7-15H,1-6H3,(H,31,32). The summed E-state index contributed by atoms with van der Waals surface area (Å²) in [5.41, 5.74) is 5.95. The average molecular weight is 453 g/mol. The van der Waals surface area contributed by atoms with Crippen molar-refractivity contribution in [2.24, 2.45) is 0 Å². The van der Waals surface area contributed by atoms with Gasteiger partial charge in [0, 0.05) is 16.2 Å². The first-order valence-electron chi connectivity index (χ1n) is 11.7. The van der Waals surface area contributed by atoms with E-state index in [4.69, 9.17) is 9.31 Å². The van der Waals surface area contributed by atoms with Gasteiger partial charge in [0.1, 0.15) is 0 Å². The van der Waals surface area contributed by atoms with E-state index in [0.717, 1.165) is 21.8 Å². The Balaban J connectivity index is 1.62. The van der Waals surface area contributed by atoms with Crippen molar-refractivity contribution in [1.29, 1.82) is 0 Å². The van der Waals surface area contributed by atoms with Gasteiger partial charge in [-0.2, -0.15) is 0 Å². The molecule has 0 saturated carbocycles. The molecule has 2 heterocycles. The quantitative estimate of drug-likeness (QED) is 0.363. The van der Waals surface area contributed by atoms with Crippen LogP contribution < -0.4 is 5.46 Å². The van der Waals surface area contributed by atoms with Gasteiger partial charge in [-0.15, -0.1) is 0 Å². The molecular weight excluding hydrogens is 425 g/mol. The van der Waals surface area contributed by atoms with Crippen LogP contribution in [-0.4, -0.2) is 34.1 Å². The molecule has 0 bridgehead atoms. The van der Waals surface area contributed by atoms with Crippen molar-refractivity contribution in [2.45, 2.75) is 58.2 Å². The molecule has 6 heteroatoms. The summed E-state index contributed by atoms with van der Waals surface area (Å²) in [5.74, 6) is 0. The summed E-state index contributed by atoms with van der Waals surface area (Å²) in [6, 6.07) is 18.5. The summed E-state index contributed by atoms with van der Waals surface area (Å²) in [5, 5.41) is 12.0. The fraction of sp³-hybridized carbons (Fsp3) is 0.321. The number of benzene rings is 3. The van der Waals surface area contributed by atoms with Crippen LogP contribution >= 0.6 is 0 Å². The molecule has 6 rings (SSSR count). The Morgan fingerprint density at radius 3 is 2.12 bits per heavy atom. The third kappa shape index (κ3) is 2.67. The lowest BCUT2D eigenvalue weighted by molar-refractivity contribution is 0.00578. The van der Waals surface area contributed by atoms with Crippen LogP contribution in [0.1, 0.15) is 52.7 Å². The lowest BCUT2D eigenvalue weighted by atomic mass is 9.78. The molecule has 1 aliphatic heterocycles. The van der Waals surface area contributed by atoms with E-state index in [9.17, 15) is 9.90 Å². The van der Waals surface area contributed by atoms with E-state index in [1.807, 2.05) is 45.9 Å². The van der Waals surface area contributed by atoms with E-state index in [0.29, 0.717) is 11.0 Å². The third-order valence-electron chi connectivity index (χ3n) is 8.21. The van der Waals surface area contributed by atoms with Gasteiger partial charge in [-0.25, -0.2) is 9.36 Å². The average Bonchev–Trinajstić information content (AvgIpc) is 3.29. The molecule has 0 amide bonds. The van der Waals surface area contributed by atoms with Crippen LogP contribution in [0.3, 0.4) is 0 Å². The Morgan fingerprint density at radius 1 is 0.794 bits per heavy atom. The lowest BCUT2D eigenvalue weighted by Crippen LogP contribution is -2.41. The highest BCUT2D eigenvalue weighted by molar-refractivity contribution is 6.62. The van der Waals surface area contributed by atoms with E-state index < -0.39 is 24.4 Å². The Hall–Kier alpha value is -3.09. The Morgan fingerprint density at radius 2 is 1.44 bits per heavy atom. The molecule has 0 spiro atoms. The topological polar surface area (TPSA) is 60.7 Å². The Bertz CT molecular complexity index is 1510. The molecule has 4 aromatic rings. The first kappa shape index (κ1) is 21.4. The van der Waals surface area contributed by atoms with Crippen LogP contribution in [0.2, 0.25) is 0 Å². The van der Waals surface area contributed by atoms with Crippen molar-refractivity contribution in [3.63, 3.8) is 0 Å². The van der Waals surface area contributed by atoms with E-state index in [-0.39, 0.29) is 5.41 Å². The number of nitrogens with zero attached hydrogens (tertiary/aromatic N) is 1. The molecule has 1 fully saturated rings. The SMILES string of the molecule is CC1(C)c2ccccc2-c2cc3c4cc(B5OC(C)(C)C(C)(C)O5)ccc4n(C(=O)O)c3cc21. The van der Waals surface area contributed by atoms with Gasteiger partial charge in [-0.3, -0.25) is 0 Å². The number of aromatic nitrogens is 1. The van der Waals surface area contributed by atoms with Gasteiger partial charge in [0.05, 0.1) is 22.2 Å². The largest absolute Gasteiger partial charge is 0.494 e. The predicted molar refractivity (Wildman–Crippen MR) is 136 cm³/mol. The number of hydrogen-bond donors (Lipinski definition) is 1. The second-order valence-corrected chi connectivity index (χ2v) is 11.1. The van der Waals surface area contributed by atoms with Crippen LogP contribution in [0.4, 0.5) is 4.79 Å². The van der Waals surface area contributed by atoms with E-state index in [1.54, 1.807) is 0 Å². The minimum atomic E-state index is -0.989. The van der Waals surface area contributed by atoms with Crippen LogP contribution in [-0.2, 0) is 14.7 Å². The van der Waals surface area contributed by atoms with Crippen LogP contribution in [0, 0.1) is 0 Å². The van der Waals surface area contributed by atoms with Gasteiger partial charge in [0.25, 0.3) is 0 Å². The molecular formula is C28H28BNO4. The zero-order valence-electron chi connectivity index (χ0n) is 20.4. The summed E-state index contributed by atoms with van der Waals surface area (Å²) in [6.07, 6.45) is -0.989. The van der Waals surface area contributed by atoms with Gasteiger partial charge in [-0.1, -0.05) is 50.2 Å². The summed E-state index contributed by atoms with van der Waals surface area (Å²) in [4.78, 5) is 12.4. The second kappa shape index (κ2) is 6.52. The molecule has 0 unspecified atom stereocenters. The maximum absolute atomic E-state index is 12.4. The van der Waals surface area contributed by atoms with E-state index >= 15 is 0 Å². The van der Waals surface area contributed by atoms with Crippen molar-refractivity contribution in [3.05, 3.63) is 65.7 Å². The Labute approximate surface area is 199 Å². The Kier molecular flexibility index (Phi) is 4.12. The fourth-order valence-electron chi connectivity index (χ4n) is 5.56. The maximum Gasteiger partial charge on any atom is 0.494 e. The second-order valence-electron chi connectivity index (χ2n) is 11.1. The van der Waals surface area contributed by atoms with Gasteiger partial charge < -0.3 is 14.4 Å². The minimum Gasteiger partial charge on any atom is -0.464 e. The number of fused-ring (bicyclic) bond motifs is 6. The fourth-order valence-corrected chi connectivity index (χ4v) is 5.56. The molecule has 3 aromatic carbocycles. The number of hydrogen-bond acceptors (Lipinski definition) is 3.